The molecule has 1 heterocycles. The standard InChI is InChI=1S/C14H13N3O/c1-11(2)14(18)16-12-8-9-17(15-10-12)13-6-4-3-5-7-13/h3-10H,1H2,2H3. The molecule has 1 aromatic carbocycles. The van der Waals surface area contributed by atoms with Crippen molar-refractivity contribution in [3.8, 4) is 5.69 Å². The summed E-state index contributed by atoms with van der Waals surface area (Å²) in [6, 6.07) is 11.5. The van der Waals surface area contributed by atoms with E-state index in [2.05, 4.69) is 16.7 Å². The zero-order chi connectivity index (χ0) is 13.0. The van der Waals surface area contributed by atoms with Gasteiger partial charge in [0.2, 0.25) is 0 Å². The minimum Gasteiger partial charge on any atom is -0.267 e. The van der Waals surface area contributed by atoms with Gasteiger partial charge in [-0.1, -0.05) is 24.8 Å². The van der Waals surface area contributed by atoms with Crippen LogP contribution in [0.4, 0.5) is 0 Å². The number of carbonyl (C=O) groups excluding carboxylic acids is 1. The van der Waals surface area contributed by atoms with E-state index >= 15 is 0 Å². The summed E-state index contributed by atoms with van der Waals surface area (Å²) >= 11 is 0. The predicted molar refractivity (Wildman–Crippen MR) is 68.9 cm³/mol. The largest absolute Gasteiger partial charge is 0.272 e. The van der Waals surface area contributed by atoms with E-state index in [4.69, 9.17) is 0 Å². The molecule has 0 aliphatic carbocycles. The molecule has 18 heavy (non-hydrogen) atoms. The van der Waals surface area contributed by atoms with E-state index in [-0.39, 0.29) is 5.91 Å². The van der Waals surface area contributed by atoms with Crippen molar-refractivity contribution in [2.75, 3.05) is 0 Å². The van der Waals surface area contributed by atoms with Crippen molar-refractivity contribution >= 4 is 5.91 Å². The second-order valence-corrected chi connectivity index (χ2v) is 3.86. The van der Waals surface area contributed by atoms with Gasteiger partial charge in [-0.3, -0.25) is 4.79 Å². The Morgan fingerprint density at radius 3 is 2.56 bits per heavy atom. The van der Waals surface area contributed by atoms with E-state index in [1.165, 1.54) is 0 Å². The zero-order valence-corrected chi connectivity index (χ0v) is 10.1. The molecule has 1 aromatic heterocycles. The summed E-state index contributed by atoms with van der Waals surface area (Å²) in [5, 5.41) is 4.73. The van der Waals surface area contributed by atoms with Gasteiger partial charge in [-0.05, 0) is 25.1 Å². The maximum atomic E-state index is 11.4. The van der Waals surface area contributed by atoms with Crippen LogP contribution in [0.25, 0.3) is 5.69 Å². The zero-order valence-electron chi connectivity index (χ0n) is 10.1. The quantitative estimate of drug-likeness (QED) is 0.751. The fourth-order valence-electron chi connectivity index (χ4n) is 1.36. The number of nitrogens with zero attached hydrogens (tertiary/aromatic N) is 3. The van der Waals surface area contributed by atoms with Gasteiger partial charge in [0.15, 0.2) is 0 Å². The van der Waals surface area contributed by atoms with E-state index in [9.17, 15) is 4.79 Å². The molecule has 4 nitrogen and oxygen atoms in total. The SMILES string of the molecule is C=C(C)C(=O)N=c1ccn(-c2ccccc2)nc1. The average molecular weight is 239 g/mol. The van der Waals surface area contributed by atoms with Crippen LogP contribution in [0.5, 0.6) is 0 Å². The Bertz CT molecular complexity index is 621. The lowest BCUT2D eigenvalue weighted by Crippen LogP contribution is -2.11. The highest BCUT2D eigenvalue weighted by atomic mass is 16.1. The first kappa shape index (κ1) is 12.0. The summed E-state index contributed by atoms with van der Waals surface area (Å²) in [5.41, 5.74) is 1.37. The third-order valence-corrected chi connectivity index (χ3v) is 2.32. The van der Waals surface area contributed by atoms with Crippen LogP contribution in [0.1, 0.15) is 6.92 Å². The number of rotatable bonds is 2. The van der Waals surface area contributed by atoms with Crippen molar-refractivity contribution in [2.45, 2.75) is 6.92 Å². The molecule has 90 valence electrons. The molecule has 2 aromatic rings. The lowest BCUT2D eigenvalue weighted by molar-refractivity contribution is -0.114. The monoisotopic (exact) mass is 239 g/mol. The first-order chi connectivity index (χ1) is 8.66. The van der Waals surface area contributed by atoms with Crippen LogP contribution in [0.3, 0.4) is 0 Å². The Balaban J connectivity index is 2.32. The molecule has 0 aliphatic rings. The Morgan fingerprint density at radius 2 is 2.00 bits per heavy atom. The summed E-state index contributed by atoms with van der Waals surface area (Å²) < 4.78 is 1.71. The molecule has 0 spiro atoms. The summed E-state index contributed by atoms with van der Waals surface area (Å²) in [7, 11) is 0. The third kappa shape index (κ3) is 2.79. The van der Waals surface area contributed by atoms with E-state index in [0.717, 1.165) is 5.69 Å². The molecule has 0 bridgehead atoms. The second kappa shape index (κ2) is 5.23. The Morgan fingerprint density at radius 1 is 1.28 bits per heavy atom. The number of hydrogen-bond donors (Lipinski definition) is 0. The molecular formula is C14H13N3O. The molecule has 0 aliphatic heterocycles. The summed E-state index contributed by atoms with van der Waals surface area (Å²) in [4.78, 5) is 15.2. The van der Waals surface area contributed by atoms with Crippen molar-refractivity contribution in [1.29, 1.82) is 0 Å². The van der Waals surface area contributed by atoms with Crippen molar-refractivity contribution in [3.63, 3.8) is 0 Å². The molecule has 1 amide bonds. The maximum absolute atomic E-state index is 11.4. The van der Waals surface area contributed by atoms with Gasteiger partial charge in [0.1, 0.15) is 0 Å². The second-order valence-electron chi connectivity index (χ2n) is 3.86. The van der Waals surface area contributed by atoms with Crippen LogP contribution in [0, 0.1) is 0 Å². The molecule has 0 radical (unpaired) electrons. The highest BCUT2D eigenvalue weighted by Gasteiger charge is 1.98. The van der Waals surface area contributed by atoms with Crippen LogP contribution in [-0.2, 0) is 4.79 Å². The first-order valence-corrected chi connectivity index (χ1v) is 5.52. The molecule has 0 atom stereocenters. The fourth-order valence-corrected chi connectivity index (χ4v) is 1.36. The van der Waals surface area contributed by atoms with Gasteiger partial charge in [0.25, 0.3) is 5.91 Å². The summed E-state index contributed by atoms with van der Waals surface area (Å²) in [6.07, 6.45) is 3.31. The minimum absolute atomic E-state index is 0.325. The van der Waals surface area contributed by atoms with Crippen LogP contribution < -0.4 is 5.36 Å². The first-order valence-electron chi connectivity index (χ1n) is 5.52. The third-order valence-electron chi connectivity index (χ3n) is 2.32. The fraction of sp³-hybridized carbons (Fsp3) is 0.0714. The number of aromatic nitrogens is 2. The minimum atomic E-state index is -0.325. The Kier molecular flexibility index (Phi) is 3.48. The van der Waals surface area contributed by atoms with E-state index in [1.807, 2.05) is 30.3 Å². The van der Waals surface area contributed by atoms with Crippen LogP contribution in [0.2, 0.25) is 0 Å². The maximum Gasteiger partial charge on any atom is 0.272 e. The molecule has 0 N–H and O–H groups in total. The highest BCUT2D eigenvalue weighted by Crippen LogP contribution is 2.02. The summed E-state index contributed by atoms with van der Waals surface area (Å²) in [6.45, 7) is 5.18. The Hall–Kier alpha value is -2.49. The average Bonchev–Trinajstić information content (AvgIpc) is 2.40. The van der Waals surface area contributed by atoms with Gasteiger partial charge in [-0.15, -0.1) is 0 Å². The van der Waals surface area contributed by atoms with Crippen molar-refractivity contribution < 1.29 is 4.79 Å². The van der Waals surface area contributed by atoms with Gasteiger partial charge in [0.05, 0.1) is 17.2 Å². The Labute approximate surface area is 105 Å². The van der Waals surface area contributed by atoms with Gasteiger partial charge >= 0.3 is 0 Å². The molecular weight excluding hydrogens is 226 g/mol. The number of carbonyl (C=O) groups is 1. The highest BCUT2D eigenvalue weighted by molar-refractivity contribution is 5.92. The van der Waals surface area contributed by atoms with Gasteiger partial charge in [-0.2, -0.15) is 5.10 Å². The molecule has 0 saturated heterocycles. The van der Waals surface area contributed by atoms with Gasteiger partial charge in [0, 0.05) is 11.8 Å². The van der Waals surface area contributed by atoms with E-state index < -0.39 is 0 Å². The van der Waals surface area contributed by atoms with Crippen LogP contribution in [-0.4, -0.2) is 15.7 Å². The van der Waals surface area contributed by atoms with Gasteiger partial charge in [-0.25, -0.2) is 9.67 Å². The number of benzene rings is 1. The van der Waals surface area contributed by atoms with Crippen molar-refractivity contribution in [3.05, 3.63) is 66.3 Å². The lowest BCUT2D eigenvalue weighted by atomic mass is 10.3. The number of hydrogen-bond acceptors (Lipinski definition) is 2. The molecule has 0 unspecified atom stereocenters. The number of para-hydroxylation sites is 1. The van der Waals surface area contributed by atoms with E-state index in [1.54, 1.807) is 30.1 Å². The topological polar surface area (TPSA) is 47.2 Å². The summed E-state index contributed by atoms with van der Waals surface area (Å²) in [5.74, 6) is -0.325. The molecule has 0 fully saturated rings. The molecule has 4 heteroatoms. The smallest absolute Gasteiger partial charge is 0.267 e. The number of amides is 1. The van der Waals surface area contributed by atoms with Crippen molar-refractivity contribution in [2.24, 2.45) is 4.99 Å². The van der Waals surface area contributed by atoms with Crippen molar-refractivity contribution in [1.82, 2.24) is 9.78 Å². The van der Waals surface area contributed by atoms with E-state index in [0.29, 0.717) is 10.9 Å². The van der Waals surface area contributed by atoms with Crippen LogP contribution in [0.15, 0.2) is 65.9 Å². The normalized spacial score (nSPS) is 11.3. The molecule has 2 rings (SSSR count). The predicted octanol–water partition coefficient (Wildman–Crippen LogP) is 1.88. The lowest BCUT2D eigenvalue weighted by Gasteiger charge is -2.03. The van der Waals surface area contributed by atoms with Gasteiger partial charge < -0.3 is 0 Å². The van der Waals surface area contributed by atoms with Crippen LogP contribution >= 0.6 is 0 Å². The molecule has 0 saturated carbocycles.